The van der Waals surface area contributed by atoms with Gasteiger partial charge >= 0.3 is 6.18 Å². The molecular weight excluding hydrogens is 305 g/mol. The number of Topliss-reactive ketones (excluding diaryl/α,β-unsaturated/α-hetero) is 1. The molecule has 7 heteroatoms. The third-order valence-electron chi connectivity index (χ3n) is 2.67. The van der Waals surface area contributed by atoms with E-state index in [1.807, 2.05) is 0 Å². The Kier molecular flexibility index (Phi) is 4.57. The minimum Gasteiger partial charge on any atom is -0.299 e. The van der Waals surface area contributed by atoms with Gasteiger partial charge in [-0.25, -0.2) is 4.98 Å². The van der Waals surface area contributed by atoms with E-state index in [1.54, 1.807) is 18.2 Å². The molecule has 2 aromatic heterocycles. The average Bonchev–Trinajstić information content (AvgIpc) is 2.38. The summed E-state index contributed by atoms with van der Waals surface area (Å²) in [6.07, 6.45) is -3.35. The second-order valence-corrected chi connectivity index (χ2v) is 4.78. The Bertz CT molecular complexity index is 641. The molecule has 2 rings (SSSR count). The summed E-state index contributed by atoms with van der Waals surface area (Å²) in [5.74, 6) is -0.175. The van der Waals surface area contributed by atoms with E-state index in [-0.39, 0.29) is 23.8 Å². The molecule has 0 aliphatic rings. The lowest BCUT2D eigenvalue weighted by Crippen LogP contribution is -2.10. The quantitative estimate of drug-likeness (QED) is 0.811. The molecule has 0 radical (unpaired) electrons. The van der Waals surface area contributed by atoms with Crippen LogP contribution in [0.5, 0.6) is 0 Å². The molecule has 0 unspecified atom stereocenters. The first-order chi connectivity index (χ1) is 9.84. The Labute approximate surface area is 123 Å². The van der Waals surface area contributed by atoms with Crippen molar-refractivity contribution in [3.05, 3.63) is 58.6 Å². The second-order valence-electron chi connectivity index (χ2n) is 4.39. The van der Waals surface area contributed by atoms with Crippen molar-refractivity contribution in [2.45, 2.75) is 19.0 Å². The maximum absolute atomic E-state index is 12.4. The first-order valence-corrected chi connectivity index (χ1v) is 6.37. The molecule has 0 aliphatic heterocycles. The molecule has 21 heavy (non-hydrogen) atoms. The molecule has 0 N–H and O–H groups in total. The number of carbonyl (C=O) groups excluding carboxylic acids is 1. The topological polar surface area (TPSA) is 42.9 Å². The van der Waals surface area contributed by atoms with Gasteiger partial charge in [0.05, 0.1) is 0 Å². The molecule has 0 aliphatic carbocycles. The molecule has 3 nitrogen and oxygen atoms in total. The standard InChI is InChI=1S/C14H10ClF3N2O/c15-13-3-1-2-10(20-13)7-11(21)6-9-4-5-12(19-8-9)14(16,17)18/h1-5,8H,6-7H2. The fraction of sp³-hybridized carbons (Fsp3) is 0.214. The normalized spacial score (nSPS) is 11.4. The fourth-order valence-corrected chi connectivity index (χ4v) is 1.92. The van der Waals surface area contributed by atoms with Crippen molar-refractivity contribution in [1.29, 1.82) is 0 Å². The van der Waals surface area contributed by atoms with Gasteiger partial charge in [0.1, 0.15) is 16.6 Å². The van der Waals surface area contributed by atoms with Crippen LogP contribution in [0.2, 0.25) is 5.15 Å². The predicted octanol–water partition coefficient (Wildman–Crippen LogP) is 3.50. The highest BCUT2D eigenvalue weighted by Gasteiger charge is 2.32. The molecule has 0 bridgehead atoms. The molecule has 0 aromatic carbocycles. The van der Waals surface area contributed by atoms with Crippen molar-refractivity contribution in [3.63, 3.8) is 0 Å². The number of aromatic nitrogens is 2. The van der Waals surface area contributed by atoms with E-state index in [4.69, 9.17) is 11.6 Å². The van der Waals surface area contributed by atoms with Crippen LogP contribution >= 0.6 is 11.6 Å². The third kappa shape index (κ3) is 4.53. The van der Waals surface area contributed by atoms with E-state index in [2.05, 4.69) is 9.97 Å². The van der Waals surface area contributed by atoms with Crippen LogP contribution in [0, 0.1) is 0 Å². The molecule has 2 heterocycles. The summed E-state index contributed by atoms with van der Waals surface area (Å²) in [6.45, 7) is 0. The Morgan fingerprint density at radius 3 is 2.48 bits per heavy atom. The van der Waals surface area contributed by atoms with E-state index in [1.165, 1.54) is 6.07 Å². The zero-order valence-corrected chi connectivity index (χ0v) is 11.4. The SMILES string of the molecule is O=C(Cc1ccc(C(F)(F)F)nc1)Cc1cccc(Cl)n1. The van der Waals surface area contributed by atoms with Crippen molar-refractivity contribution in [3.8, 4) is 0 Å². The minimum atomic E-state index is -4.48. The largest absolute Gasteiger partial charge is 0.433 e. The van der Waals surface area contributed by atoms with Crippen molar-refractivity contribution < 1.29 is 18.0 Å². The number of halogens is 4. The second kappa shape index (κ2) is 6.22. The van der Waals surface area contributed by atoms with Crippen LogP contribution in [0.15, 0.2) is 36.5 Å². The Morgan fingerprint density at radius 1 is 1.14 bits per heavy atom. The number of hydrogen-bond acceptors (Lipinski definition) is 3. The van der Waals surface area contributed by atoms with E-state index >= 15 is 0 Å². The first-order valence-electron chi connectivity index (χ1n) is 6.00. The monoisotopic (exact) mass is 314 g/mol. The zero-order chi connectivity index (χ0) is 15.5. The molecule has 0 saturated heterocycles. The van der Waals surface area contributed by atoms with Gasteiger partial charge in [0.2, 0.25) is 0 Å². The lowest BCUT2D eigenvalue weighted by atomic mass is 10.1. The van der Waals surface area contributed by atoms with Gasteiger partial charge in [-0.3, -0.25) is 9.78 Å². The number of rotatable bonds is 4. The van der Waals surface area contributed by atoms with Crippen LogP contribution in [-0.2, 0) is 23.8 Å². The Morgan fingerprint density at radius 2 is 1.90 bits per heavy atom. The van der Waals surface area contributed by atoms with Crippen LogP contribution in [-0.4, -0.2) is 15.8 Å². The van der Waals surface area contributed by atoms with Crippen LogP contribution < -0.4 is 0 Å². The number of hydrogen-bond donors (Lipinski definition) is 0. The van der Waals surface area contributed by atoms with Gasteiger partial charge in [-0.2, -0.15) is 13.2 Å². The lowest BCUT2D eigenvalue weighted by Gasteiger charge is -2.06. The van der Waals surface area contributed by atoms with Gasteiger partial charge in [0.15, 0.2) is 0 Å². The molecule has 0 spiro atoms. The van der Waals surface area contributed by atoms with Crippen LogP contribution in [0.1, 0.15) is 17.0 Å². The summed E-state index contributed by atoms with van der Waals surface area (Å²) in [5.41, 5.74) is -0.0300. The fourth-order valence-electron chi connectivity index (χ4n) is 1.74. The number of pyridine rings is 2. The summed E-state index contributed by atoms with van der Waals surface area (Å²) in [6, 6.07) is 7.04. The number of nitrogens with zero attached hydrogens (tertiary/aromatic N) is 2. The average molecular weight is 315 g/mol. The van der Waals surface area contributed by atoms with Crippen LogP contribution in [0.25, 0.3) is 0 Å². The van der Waals surface area contributed by atoms with Gasteiger partial charge in [0, 0.05) is 24.7 Å². The third-order valence-corrected chi connectivity index (χ3v) is 2.88. The summed E-state index contributed by atoms with van der Waals surface area (Å²) < 4.78 is 37.1. The van der Waals surface area contributed by atoms with E-state index in [9.17, 15) is 18.0 Å². The minimum absolute atomic E-state index is 0.000664. The van der Waals surface area contributed by atoms with Gasteiger partial charge < -0.3 is 0 Å². The Balaban J connectivity index is 2.00. The van der Waals surface area contributed by atoms with Crippen LogP contribution in [0.4, 0.5) is 13.2 Å². The molecule has 0 atom stereocenters. The highest BCUT2D eigenvalue weighted by molar-refractivity contribution is 6.29. The molecule has 0 fully saturated rings. The molecule has 110 valence electrons. The van der Waals surface area contributed by atoms with Gasteiger partial charge in [-0.15, -0.1) is 0 Å². The van der Waals surface area contributed by atoms with Crippen molar-refractivity contribution in [2.24, 2.45) is 0 Å². The van der Waals surface area contributed by atoms with E-state index in [0.29, 0.717) is 11.3 Å². The molecule has 0 saturated carbocycles. The highest BCUT2D eigenvalue weighted by Crippen LogP contribution is 2.27. The summed E-state index contributed by atoms with van der Waals surface area (Å²) in [7, 11) is 0. The van der Waals surface area contributed by atoms with Crippen LogP contribution in [0.3, 0.4) is 0 Å². The number of alkyl halides is 3. The molecular formula is C14H10ClF3N2O. The highest BCUT2D eigenvalue weighted by atomic mass is 35.5. The van der Waals surface area contributed by atoms with Crippen molar-refractivity contribution in [1.82, 2.24) is 9.97 Å². The summed E-state index contributed by atoms with van der Waals surface area (Å²) >= 11 is 5.71. The van der Waals surface area contributed by atoms with Gasteiger partial charge in [-0.1, -0.05) is 23.7 Å². The smallest absolute Gasteiger partial charge is 0.299 e. The van der Waals surface area contributed by atoms with Gasteiger partial charge in [-0.05, 0) is 23.8 Å². The maximum Gasteiger partial charge on any atom is 0.433 e. The number of carbonyl (C=O) groups is 1. The Hall–Kier alpha value is -1.95. The summed E-state index contributed by atoms with van der Waals surface area (Å²) in [5, 5.41) is 0.288. The molecule has 0 amide bonds. The molecule has 2 aromatic rings. The zero-order valence-electron chi connectivity index (χ0n) is 10.7. The predicted molar refractivity (Wildman–Crippen MR) is 70.9 cm³/mol. The first kappa shape index (κ1) is 15.4. The van der Waals surface area contributed by atoms with Crippen molar-refractivity contribution in [2.75, 3.05) is 0 Å². The van der Waals surface area contributed by atoms with Gasteiger partial charge in [0.25, 0.3) is 0 Å². The van der Waals surface area contributed by atoms with Crippen molar-refractivity contribution >= 4 is 17.4 Å². The lowest BCUT2D eigenvalue weighted by molar-refractivity contribution is -0.141. The maximum atomic E-state index is 12.4. The van der Waals surface area contributed by atoms with E-state index < -0.39 is 11.9 Å². The van der Waals surface area contributed by atoms with E-state index in [0.717, 1.165) is 12.3 Å². The summed E-state index contributed by atoms with van der Waals surface area (Å²) in [4.78, 5) is 19.1. The number of ketones is 1.